The number of rotatable bonds is 6. The number of nitro groups is 1. The zero-order valence-electron chi connectivity index (χ0n) is 14.1. The summed E-state index contributed by atoms with van der Waals surface area (Å²) in [6.45, 7) is 1.95. The first-order valence-corrected chi connectivity index (χ1v) is 9.31. The number of methoxy groups -OCH3 is 1. The maximum Gasteiger partial charge on any atom is 0.311 e. The summed E-state index contributed by atoms with van der Waals surface area (Å²) in [6, 6.07) is 10.6. The first-order valence-electron chi connectivity index (χ1n) is 7.64. The molecule has 6 nitrogen and oxygen atoms in total. The Hall–Kier alpha value is -2.45. The molecule has 0 N–H and O–H groups in total. The van der Waals surface area contributed by atoms with Gasteiger partial charge in [-0.2, -0.15) is 0 Å². The number of aryl methyl sites for hydroxylation is 1. The van der Waals surface area contributed by atoms with E-state index in [2.05, 4.69) is 20.9 Å². The second kappa shape index (κ2) is 7.84. The molecule has 0 atom stereocenters. The van der Waals surface area contributed by atoms with Crippen molar-refractivity contribution < 1.29 is 14.4 Å². The number of aromatic nitrogens is 1. The van der Waals surface area contributed by atoms with Gasteiger partial charge >= 0.3 is 5.69 Å². The highest BCUT2D eigenvalue weighted by Crippen LogP contribution is 2.35. The smallest absolute Gasteiger partial charge is 0.311 e. The predicted octanol–water partition coefficient (Wildman–Crippen LogP) is 5.38. The number of halogens is 1. The van der Waals surface area contributed by atoms with Crippen molar-refractivity contribution in [3.8, 4) is 22.1 Å². The van der Waals surface area contributed by atoms with Gasteiger partial charge in [0.15, 0.2) is 5.75 Å². The number of benzene rings is 2. The third-order valence-electron chi connectivity index (χ3n) is 3.63. The van der Waals surface area contributed by atoms with Crippen LogP contribution < -0.4 is 9.47 Å². The summed E-state index contributed by atoms with van der Waals surface area (Å²) in [5.41, 5.74) is 2.33. The van der Waals surface area contributed by atoms with Crippen LogP contribution in [-0.4, -0.2) is 17.0 Å². The molecule has 0 aliphatic rings. The molecule has 0 radical (unpaired) electrons. The number of nitrogens with zero attached hydrogens (tertiary/aromatic N) is 2. The Balaban J connectivity index is 1.80. The molecule has 0 spiro atoms. The van der Waals surface area contributed by atoms with Crippen molar-refractivity contribution >= 4 is 33.0 Å². The Morgan fingerprint density at radius 3 is 2.73 bits per heavy atom. The summed E-state index contributed by atoms with van der Waals surface area (Å²) in [4.78, 5) is 15.3. The summed E-state index contributed by atoms with van der Waals surface area (Å²) in [6.07, 6.45) is 0. The van der Waals surface area contributed by atoms with Gasteiger partial charge < -0.3 is 9.47 Å². The second-order valence-electron chi connectivity index (χ2n) is 5.51. The van der Waals surface area contributed by atoms with E-state index < -0.39 is 4.92 Å². The first kappa shape index (κ1) is 18.3. The largest absolute Gasteiger partial charge is 0.496 e. The van der Waals surface area contributed by atoms with Crippen molar-refractivity contribution in [3.05, 3.63) is 67.6 Å². The van der Waals surface area contributed by atoms with Crippen molar-refractivity contribution in [2.75, 3.05) is 7.11 Å². The zero-order chi connectivity index (χ0) is 18.7. The van der Waals surface area contributed by atoms with Gasteiger partial charge in [-0.05, 0) is 36.8 Å². The number of nitro benzene ring substituents is 1. The van der Waals surface area contributed by atoms with Gasteiger partial charge in [-0.3, -0.25) is 10.1 Å². The van der Waals surface area contributed by atoms with Crippen LogP contribution in [-0.2, 0) is 6.61 Å². The average Bonchev–Trinajstić information content (AvgIpc) is 3.09. The lowest BCUT2D eigenvalue weighted by Gasteiger charge is -2.07. The van der Waals surface area contributed by atoms with Crippen LogP contribution in [0.15, 0.2) is 46.3 Å². The summed E-state index contributed by atoms with van der Waals surface area (Å²) in [5, 5.41) is 13.8. The van der Waals surface area contributed by atoms with Crippen LogP contribution in [0, 0.1) is 17.0 Å². The molecule has 0 aliphatic carbocycles. The molecule has 134 valence electrons. The highest BCUT2D eigenvalue weighted by Gasteiger charge is 2.16. The van der Waals surface area contributed by atoms with Gasteiger partial charge in [0.2, 0.25) is 0 Å². The lowest BCUT2D eigenvalue weighted by atomic mass is 10.2. The highest BCUT2D eigenvalue weighted by atomic mass is 79.9. The molecule has 0 amide bonds. The van der Waals surface area contributed by atoms with Crippen LogP contribution in [0.2, 0.25) is 0 Å². The molecule has 3 rings (SSSR count). The fourth-order valence-electron chi connectivity index (χ4n) is 2.39. The SMILES string of the molecule is COc1ccc(Br)cc1-c1nc(COc2ccc(C)cc2[N+](=O)[O-])cs1. The maximum atomic E-state index is 11.2. The number of hydrogen-bond acceptors (Lipinski definition) is 6. The zero-order valence-corrected chi connectivity index (χ0v) is 16.5. The average molecular weight is 435 g/mol. The van der Waals surface area contributed by atoms with E-state index in [1.54, 1.807) is 26.2 Å². The van der Waals surface area contributed by atoms with Gasteiger partial charge in [-0.1, -0.05) is 22.0 Å². The normalized spacial score (nSPS) is 10.6. The van der Waals surface area contributed by atoms with Crippen LogP contribution in [0.4, 0.5) is 5.69 Å². The Labute approximate surface area is 162 Å². The van der Waals surface area contributed by atoms with Gasteiger partial charge in [-0.25, -0.2) is 4.98 Å². The molecule has 26 heavy (non-hydrogen) atoms. The summed E-state index contributed by atoms with van der Waals surface area (Å²) >= 11 is 4.91. The summed E-state index contributed by atoms with van der Waals surface area (Å²) in [5.74, 6) is 0.958. The molecule has 8 heteroatoms. The fraction of sp³-hybridized carbons (Fsp3) is 0.167. The minimum atomic E-state index is -0.443. The van der Waals surface area contributed by atoms with E-state index in [4.69, 9.17) is 9.47 Å². The minimum Gasteiger partial charge on any atom is -0.496 e. The molecular weight excluding hydrogens is 420 g/mol. The number of ether oxygens (including phenoxy) is 2. The topological polar surface area (TPSA) is 74.5 Å². The molecule has 0 saturated carbocycles. The van der Waals surface area contributed by atoms with Gasteiger partial charge in [0.25, 0.3) is 0 Å². The molecule has 0 bridgehead atoms. The molecule has 0 fully saturated rings. The van der Waals surface area contributed by atoms with Gasteiger partial charge in [0, 0.05) is 15.9 Å². The lowest BCUT2D eigenvalue weighted by molar-refractivity contribution is -0.386. The van der Waals surface area contributed by atoms with E-state index >= 15 is 0 Å². The quantitative estimate of drug-likeness (QED) is 0.384. The summed E-state index contributed by atoms with van der Waals surface area (Å²) in [7, 11) is 1.61. The molecule has 2 aromatic carbocycles. The molecule has 3 aromatic rings. The Bertz CT molecular complexity index is 958. The van der Waals surface area contributed by atoms with Crippen LogP contribution in [0.3, 0.4) is 0 Å². The first-order chi connectivity index (χ1) is 12.5. The second-order valence-corrected chi connectivity index (χ2v) is 7.28. The predicted molar refractivity (Wildman–Crippen MR) is 104 cm³/mol. The van der Waals surface area contributed by atoms with Gasteiger partial charge in [0.05, 0.1) is 23.3 Å². The van der Waals surface area contributed by atoms with Gasteiger partial charge in [0.1, 0.15) is 17.4 Å². The van der Waals surface area contributed by atoms with Crippen LogP contribution >= 0.6 is 27.3 Å². The molecule has 0 saturated heterocycles. The lowest BCUT2D eigenvalue weighted by Crippen LogP contribution is -2.00. The third-order valence-corrected chi connectivity index (χ3v) is 5.05. The Morgan fingerprint density at radius 2 is 2.00 bits per heavy atom. The molecule has 0 aliphatic heterocycles. The number of thiazole rings is 1. The monoisotopic (exact) mass is 434 g/mol. The molecule has 1 aromatic heterocycles. The van der Waals surface area contributed by atoms with Crippen molar-refractivity contribution in [3.63, 3.8) is 0 Å². The van der Waals surface area contributed by atoms with Crippen molar-refractivity contribution in [1.29, 1.82) is 0 Å². The van der Waals surface area contributed by atoms with Crippen molar-refractivity contribution in [2.24, 2.45) is 0 Å². The molecule has 0 unspecified atom stereocenters. The van der Waals surface area contributed by atoms with Crippen LogP contribution in [0.25, 0.3) is 10.6 Å². The van der Waals surface area contributed by atoms with Crippen molar-refractivity contribution in [1.82, 2.24) is 4.98 Å². The summed E-state index contributed by atoms with van der Waals surface area (Å²) < 4.78 is 11.9. The fourth-order valence-corrected chi connectivity index (χ4v) is 3.57. The highest BCUT2D eigenvalue weighted by molar-refractivity contribution is 9.10. The van der Waals surface area contributed by atoms with E-state index in [0.717, 1.165) is 26.4 Å². The van der Waals surface area contributed by atoms with E-state index in [-0.39, 0.29) is 18.0 Å². The van der Waals surface area contributed by atoms with Crippen molar-refractivity contribution in [2.45, 2.75) is 13.5 Å². The maximum absolute atomic E-state index is 11.2. The molecule has 1 heterocycles. The van der Waals surface area contributed by atoms with Crippen LogP contribution in [0.1, 0.15) is 11.3 Å². The van der Waals surface area contributed by atoms with E-state index in [9.17, 15) is 10.1 Å². The van der Waals surface area contributed by atoms with Gasteiger partial charge in [-0.15, -0.1) is 11.3 Å². The Kier molecular flexibility index (Phi) is 5.53. The standard InChI is InChI=1S/C18H15BrN2O4S/c1-11-3-5-17(15(7-11)21(22)23)25-9-13-10-26-18(20-13)14-8-12(19)4-6-16(14)24-2/h3-8,10H,9H2,1-2H3. The molecular formula is C18H15BrN2O4S. The van der Waals surface area contributed by atoms with E-state index in [1.807, 2.05) is 23.6 Å². The minimum absolute atomic E-state index is 0.0471. The third kappa shape index (κ3) is 4.03. The van der Waals surface area contributed by atoms with Crippen LogP contribution in [0.5, 0.6) is 11.5 Å². The van der Waals surface area contributed by atoms with E-state index in [1.165, 1.54) is 17.4 Å². The number of hydrogen-bond donors (Lipinski definition) is 0. The van der Waals surface area contributed by atoms with E-state index in [0.29, 0.717) is 5.69 Å². The Morgan fingerprint density at radius 1 is 1.23 bits per heavy atom.